The maximum absolute atomic E-state index is 4.86. The largest absolute Gasteiger partial charge is 0.355 e. The predicted octanol–water partition coefficient (Wildman–Crippen LogP) is 3.62. The predicted molar refractivity (Wildman–Crippen MR) is 92.3 cm³/mol. The minimum Gasteiger partial charge on any atom is -0.355 e. The second-order valence-electron chi connectivity index (χ2n) is 6.39. The van der Waals surface area contributed by atoms with Gasteiger partial charge in [0.15, 0.2) is 10.8 Å². The van der Waals surface area contributed by atoms with Crippen LogP contribution in [0.25, 0.3) is 4.96 Å². The van der Waals surface area contributed by atoms with Crippen LogP contribution in [0.3, 0.4) is 0 Å². The number of thiazole rings is 1. The number of aromatic nitrogens is 2. The maximum atomic E-state index is 4.86. The molecule has 5 heteroatoms. The second-order valence-corrected chi connectivity index (χ2v) is 7.27. The highest BCUT2D eigenvalue weighted by atomic mass is 32.1. The van der Waals surface area contributed by atoms with Crippen molar-refractivity contribution in [3.05, 3.63) is 17.3 Å². The van der Waals surface area contributed by atoms with E-state index in [1.54, 1.807) is 11.3 Å². The molecule has 0 atom stereocenters. The van der Waals surface area contributed by atoms with Gasteiger partial charge in [-0.25, -0.2) is 4.98 Å². The van der Waals surface area contributed by atoms with Crippen molar-refractivity contribution in [2.45, 2.75) is 41.2 Å². The van der Waals surface area contributed by atoms with E-state index in [-0.39, 0.29) is 0 Å². The smallest absolute Gasteiger partial charge is 0.195 e. The molecule has 0 aliphatic rings. The fourth-order valence-electron chi connectivity index (χ4n) is 2.52. The van der Waals surface area contributed by atoms with Gasteiger partial charge in [-0.05, 0) is 25.3 Å². The van der Waals surface area contributed by atoms with E-state index in [9.17, 15) is 0 Å². The number of hydrogen-bond donors (Lipinski definition) is 1. The van der Waals surface area contributed by atoms with Crippen LogP contribution in [-0.4, -0.2) is 29.0 Å². The van der Waals surface area contributed by atoms with E-state index in [4.69, 9.17) is 4.98 Å². The number of anilines is 1. The van der Waals surface area contributed by atoms with Gasteiger partial charge in [0, 0.05) is 31.2 Å². The Hall–Kier alpha value is -1.07. The lowest BCUT2D eigenvalue weighted by Gasteiger charge is -2.24. The average Bonchev–Trinajstić information content (AvgIpc) is 2.97. The first-order valence-corrected chi connectivity index (χ1v) is 8.81. The summed E-state index contributed by atoms with van der Waals surface area (Å²) in [5.74, 6) is 2.45. The summed E-state index contributed by atoms with van der Waals surface area (Å²) < 4.78 is 2.23. The molecule has 0 aliphatic heterocycles. The van der Waals surface area contributed by atoms with Crippen molar-refractivity contribution in [3.63, 3.8) is 0 Å². The summed E-state index contributed by atoms with van der Waals surface area (Å²) in [4.78, 5) is 8.35. The summed E-state index contributed by atoms with van der Waals surface area (Å²) in [5.41, 5.74) is 1.29. The highest BCUT2D eigenvalue weighted by Crippen LogP contribution is 2.25. The Kier molecular flexibility index (Phi) is 5.65. The zero-order valence-electron chi connectivity index (χ0n) is 13.9. The highest BCUT2D eigenvalue weighted by molar-refractivity contribution is 7.15. The first-order chi connectivity index (χ1) is 10.0. The van der Waals surface area contributed by atoms with Crippen LogP contribution in [0.1, 0.15) is 40.3 Å². The minimum absolute atomic E-state index is 0.640. The minimum atomic E-state index is 0.640. The molecule has 0 saturated heterocycles. The molecule has 118 valence electrons. The molecule has 0 aromatic carbocycles. The maximum Gasteiger partial charge on any atom is 0.195 e. The van der Waals surface area contributed by atoms with Gasteiger partial charge in [-0.2, -0.15) is 0 Å². The molecule has 21 heavy (non-hydrogen) atoms. The SMILES string of the molecule is CCN(CC(C)C)c1nc2sccn2c1CNCC(C)C. The fraction of sp³-hybridized carbons (Fsp3) is 0.688. The van der Waals surface area contributed by atoms with Gasteiger partial charge in [0.1, 0.15) is 0 Å². The molecule has 0 spiro atoms. The standard InChI is InChI=1S/C16H28N4S/c1-6-19(11-13(4)5)15-14(10-17-9-12(2)3)20-7-8-21-16(20)18-15/h7-8,12-13,17H,6,9-11H2,1-5H3. The molecule has 2 aromatic rings. The summed E-state index contributed by atoms with van der Waals surface area (Å²) in [5, 5.41) is 5.67. The number of nitrogens with zero attached hydrogens (tertiary/aromatic N) is 3. The van der Waals surface area contributed by atoms with Crippen LogP contribution < -0.4 is 10.2 Å². The van der Waals surface area contributed by atoms with E-state index in [1.165, 1.54) is 5.69 Å². The Bertz CT molecular complexity index is 556. The quantitative estimate of drug-likeness (QED) is 0.808. The molecular weight excluding hydrogens is 280 g/mol. The van der Waals surface area contributed by atoms with Crippen molar-refractivity contribution in [2.75, 3.05) is 24.5 Å². The van der Waals surface area contributed by atoms with Crippen LogP contribution in [0.15, 0.2) is 11.6 Å². The summed E-state index contributed by atoms with van der Waals surface area (Å²) >= 11 is 1.71. The van der Waals surface area contributed by atoms with Gasteiger partial charge in [0.25, 0.3) is 0 Å². The summed E-state index contributed by atoms with van der Waals surface area (Å²) in [7, 11) is 0. The summed E-state index contributed by atoms with van der Waals surface area (Å²) in [6.07, 6.45) is 2.13. The number of hydrogen-bond acceptors (Lipinski definition) is 4. The van der Waals surface area contributed by atoms with Crippen LogP contribution in [0, 0.1) is 11.8 Å². The third kappa shape index (κ3) is 3.98. The first kappa shape index (κ1) is 16.3. The van der Waals surface area contributed by atoms with E-state index in [0.717, 1.165) is 37.0 Å². The molecule has 0 amide bonds. The number of imidazole rings is 1. The van der Waals surface area contributed by atoms with Crippen LogP contribution in [0.5, 0.6) is 0 Å². The van der Waals surface area contributed by atoms with Crippen LogP contribution in [0.4, 0.5) is 5.82 Å². The van der Waals surface area contributed by atoms with Gasteiger partial charge in [0.05, 0.1) is 5.69 Å². The summed E-state index contributed by atoms with van der Waals surface area (Å²) in [6.45, 7) is 15.2. The Labute approximate surface area is 132 Å². The zero-order valence-corrected chi connectivity index (χ0v) is 14.7. The Morgan fingerprint density at radius 1 is 1.29 bits per heavy atom. The molecule has 0 bridgehead atoms. The molecular formula is C16H28N4S. The number of fused-ring (bicyclic) bond motifs is 1. The zero-order chi connectivity index (χ0) is 15.4. The molecule has 0 radical (unpaired) electrons. The molecule has 0 saturated carbocycles. The topological polar surface area (TPSA) is 32.6 Å². The Balaban J connectivity index is 2.26. The third-order valence-corrected chi connectivity index (χ3v) is 4.21. The lowest BCUT2D eigenvalue weighted by molar-refractivity contribution is 0.545. The van der Waals surface area contributed by atoms with Gasteiger partial charge in [-0.1, -0.05) is 27.7 Å². The van der Waals surface area contributed by atoms with Gasteiger partial charge >= 0.3 is 0 Å². The number of rotatable bonds is 8. The normalized spacial score (nSPS) is 12.0. The van der Waals surface area contributed by atoms with Gasteiger partial charge in [0.2, 0.25) is 0 Å². The molecule has 0 unspecified atom stereocenters. The number of nitrogens with one attached hydrogen (secondary N) is 1. The second kappa shape index (κ2) is 7.27. The van der Waals surface area contributed by atoms with Crippen molar-refractivity contribution in [1.82, 2.24) is 14.7 Å². The molecule has 0 fully saturated rings. The van der Waals surface area contributed by atoms with E-state index < -0.39 is 0 Å². The Morgan fingerprint density at radius 3 is 2.67 bits per heavy atom. The average molecular weight is 308 g/mol. The van der Waals surface area contributed by atoms with E-state index >= 15 is 0 Å². The van der Waals surface area contributed by atoms with Crippen LogP contribution in [0.2, 0.25) is 0 Å². The third-order valence-electron chi connectivity index (χ3n) is 3.45. The summed E-state index contributed by atoms with van der Waals surface area (Å²) in [6, 6.07) is 0. The van der Waals surface area contributed by atoms with Gasteiger partial charge < -0.3 is 10.2 Å². The molecule has 4 nitrogen and oxygen atoms in total. The van der Waals surface area contributed by atoms with Crippen molar-refractivity contribution >= 4 is 22.1 Å². The fourth-order valence-corrected chi connectivity index (χ4v) is 3.25. The van der Waals surface area contributed by atoms with Crippen molar-refractivity contribution < 1.29 is 0 Å². The molecule has 0 aliphatic carbocycles. The van der Waals surface area contributed by atoms with Crippen LogP contribution in [-0.2, 0) is 6.54 Å². The van der Waals surface area contributed by atoms with Gasteiger partial charge in [-0.3, -0.25) is 4.40 Å². The van der Waals surface area contributed by atoms with Crippen molar-refractivity contribution in [3.8, 4) is 0 Å². The van der Waals surface area contributed by atoms with Gasteiger partial charge in [-0.15, -0.1) is 11.3 Å². The molecule has 2 rings (SSSR count). The highest BCUT2D eigenvalue weighted by Gasteiger charge is 2.18. The van der Waals surface area contributed by atoms with Crippen molar-refractivity contribution in [2.24, 2.45) is 11.8 Å². The first-order valence-electron chi connectivity index (χ1n) is 7.93. The molecule has 2 aromatic heterocycles. The lowest BCUT2D eigenvalue weighted by atomic mass is 10.2. The Morgan fingerprint density at radius 2 is 2.05 bits per heavy atom. The van der Waals surface area contributed by atoms with Crippen molar-refractivity contribution in [1.29, 1.82) is 0 Å². The van der Waals surface area contributed by atoms with Crippen LogP contribution >= 0.6 is 11.3 Å². The van der Waals surface area contributed by atoms with E-state index in [0.29, 0.717) is 11.8 Å². The van der Waals surface area contributed by atoms with E-state index in [1.807, 2.05) is 0 Å². The molecule has 2 heterocycles. The monoisotopic (exact) mass is 308 g/mol. The molecule has 1 N–H and O–H groups in total. The lowest BCUT2D eigenvalue weighted by Crippen LogP contribution is -2.29. The van der Waals surface area contributed by atoms with E-state index in [2.05, 4.69) is 60.8 Å².